The molecule has 3 rings (SSSR count). The molecule has 1 aliphatic carbocycles. The van der Waals surface area contributed by atoms with Gasteiger partial charge in [0.15, 0.2) is 5.78 Å². The van der Waals surface area contributed by atoms with Gasteiger partial charge in [-0.2, -0.15) is 0 Å². The Labute approximate surface area is 215 Å². The van der Waals surface area contributed by atoms with Gasteiger partial charge in [0.2, 0.25) is 0 Å². The van der Waals surface area contributed by atoms with Crippen LogP contribution in [0.3, 0.4) is 0 Å². The van der Waals surface area contributed by atoms with Crippen molar-refractivity contribution in [1.82, 2.24) is 10.2 Å². The van der Waals surface area contributed by atoms with Crippen LogP contribution in [0.1, 0.15) is 75.7 Å². The van der Waals surface area contributed by atoms with Crippen LogP contribution in [0.15, 0.2) is 28.4 Å². The van der Waals surface area contributed by atoms with Crippen molar-refractivity contribution < 1.29 is 9.59 Å². The van der Waals surface area contributed by atoms with Crippen molar-refractivity contribution >= 4 is 34.7 Å². The van der Waals surface area contributed by atoms with Crippen molar-refractivity contribution in [3.05, 3.63) is 39.6 Å². The van der Waals surface area contributed by atoms with Crippen LogP contribution in [0.5, 0.6) is 0 Å². The summed E-state index contributed by atoms with van der Waals surface area (Å²) in [7, 11) is 4.31. The van der Waals surface area contributed by atoms with E-state index < -0.39 is 0 Å². The molecule has 35 heavy (non-hydrogen) atoms. The van der Waals surface area contributed by atoms with Crippen LogP contribution in [0.2, 0.25) is 5.02 Å². The number of allylic oxidation sites excluding steroid dienone is 1. The number of anilines is 1. The molecular formula is C28H41ClN4O2. The molecule has 7 heteroatoms. The number of Topliss-reactive ketones (excluding diaryl/α,β-unsaturated/α-hetero) is 1. The number of hydrogen-bond acceptors (Lipinski definition) is 5. The zero-order chi connectivity index (χ0) is 25.9. The summed E-state index contributed by atoms with van der Waals surface area (Å²) in [4.78, 5) is 35.5. The third kappa shape index (κ3) is 5.97. The summed E-state index contributed by atoms with van der Waals surface area (Å²) in [5, 5.41) is 3.52. The van der Waals surface area contributed by atoms with Gasteiger partial charge in [-0.3, -0.25) is 14.6 Å². The van der Waals surface area contributed by atoms with E-state index in [4.69, 9.17) is 11.6 Å². The van der Waals surface area contributed by atoms with Crippen LogP contribution >= 0.6 is 11.6 Å². The van der Waals surface area contributed by atoms with E-state index in [9.17, 15) is 9.59 Å². The molecule has 0 bridgehead atoms. The smallest absolute Gasteiger partial charge is 0.251 e. The topological polar surface area (TPSA) is 65.0 Å². The summed E-state index contributed by atoms with van der Waals surface area (Å²) in [6.45, 7) is 10.9. The molecule has 0 aromatic heterocycles. The summed E-state index contributed by atoms with van der Waals surface area (Å²) in [6, 6.07) is 4.78. The van der Waals surface area contributed by atoms with Crippen LogP contribution < -0.4 is 10.2 Å². The van der Waals surface area contributed by atoms with Crippen molar-refractivity contribution in [3.63, 3.8) is 0 Å². The highest BCUT2D eigenvalue weighted by Gasteiger charge is 2.30. The normalized spacial score (nSPS) is 22.9. The first-order valence-electron chi connectivity index (χ1n) is 12.9. The summed E-state index contributed by atoms with van der Waals surface area (Å²) in [5.41, 5.74) is 4.62. The zero-order valence-corrected chi connectivity index (χ0v) is 23.1. The number of aliphatic imine (C=N–C) groups is 1. The van der Waals surface area contributed by atoms with Crippen LogP contribution in [-0.2, 0) is 4.79 Å². The van der Waals surface area contributed by atoms with Gasteiger partial charge in [0.1, 0.15) is 0 Å². The number of ketones is 1. The number of benzene rings is 1. The van der Waals surface area contributed by atoms with E-state index in [2.05, 4.69) is 41.1 Å². The number of nitrogens with zero attached hydrogens (tertiary/aromatic N) is 3. The number of nitrogens with one attached hydrogen (secondary N) is 1. The fraction of sp³-hybridized carbons (Fsp3) is 0.607. The Kier molecular flexibility index (Phi) is 9.16. The van der Waals surface area contributed by atoms with Gasteiger partial charge in [0.05, 0.1) is 5.92 Å². The number of rotatable bonds is 8. The molecule has 0 radical (unpaired) electrons. The Hall–Kier alpha value is -2.18. The lowest BCUT2D eigenvalue weighted by Gasteiger charge is -2.40. The van der Waals surface area contributed by atoms with Gasteiger partial charge in [0.25, 0.3) is 5.91 Å². The summed E-state index contributed by atoms with van der Waals surface area (Å²) in [5.74, 6) is -0.358. The maximum Gasteiger partial charge on any atom is 0.251 e. The molecule has 1 aromatic rings. The average molecular weight is 501 g/mol. The van der Waals surface area contributed by atoms with Gasteiger partial charge < -0.3 is 15.1 Å². The monoisotopic (exact) mass is 500 g/mol. The molecule has 192 valence electrons. The van der Waals surface area contributed by atoms with Crippen molar-refractivity contribution in [3.8, 4) is 0 Å². The van der Waals surface area contributed by atoms with Gasteiger partial charge in [-0.05, 0) is 91.6 Å². The summed E-state index contributed by atoms with van der Waals surface area (Å²) in [6.07, 6.45) is 5.30. The van der Waals surface area contributed by atoms with Crippen molar-refractivity contribution in [2.45, 2.75) is 78.8 Å². The molecule has 0 spiro atoms. The molecular weight excluding hydrogens is 460 g/mol. The van der Waals surface area contributed by atoms with Gasteiger partial charge in [-0.25, -0.2) is 0 Å². The van der Waals surface area contributed by atoms with Gasteiger partial charge in [0, 0.05) is 58.4 Å². The van der Waals surface area contributed by atoms with E-state index in [1.165, 1.54) is 12.8 Å². The van der Waals surface area contributed by atoms with Gasteiger partial charge >= 0.3 is 0 Å². The Morgan fingerprint density at radius 1 is 1.09 bits per heavy atom. The molecule has 1 amide bonds. The van der Waals surface area contributed by atoms with E-state index in [0.717, 1.165) is 36.3 Å². The second-order valence-corrected chi connectivity index (χ2v) is 10.6. The molecule has 1 fully saturated rings. The highest BCUT2D eigenvalue weighted by Crippen LogP contribution is 2.34. The van der Waals surface area contributed by atoms with Crippen LogP contribution in [0.25, 0.3) is 0 Å². The Morgan fingerprint density at radius 3 is 2.29 bits per heavy atom. The fourth-order valence-electron chi connectivity index (χ4n) is 5.66. The first-order chi connectivity index (χ1) is 16.6. The first-order valence-corrected chi connectivity index (χ1v) is 13.3. The predicted molar refractivity (Wildman–Crippen MR) is 146 cm³/mol. The second-order valence-electron chi connectivity index (χ2n) is 10.1. The predicted octanol–water partition coefficient (Wildman–Crippen LogP) is 5.42. The molecule has 1 heterocycles. The van der Waals surface area contributed by atoms with Gasteiger partial charge in [-0.1, -0.05) is 18.5 Å². The lowest BCUT2D eigenvalue weighted by molar-refractivity contribution is -0.117. The average Bonchev–Trinajstić information content (AvgIpc) is 2.81. The quantitative estimate of drug-likeness (QED) is 0.517. The lowest BCUT2D eigenvalue weighted by atomic mass is 9.88. The number of halogens is 1. The highest BCUT2D eigenvalue weighted by molar-refractivity contribution is 6.31. The molecule has 1 N–H and O–H groups in total. The Balaban J connectivity index is 1.80. The largest absolute Gasteiger partial charge is 0.369 e. The number of amides is 1. The minimum atomic E-state index is -0.217. The molecule has 2 aliphatic rings. The lowest BCUT2D eigenvalue weighted by Crippen LogP contribution is -2.42. The molecule has 1 aromatic carbocycles. The molecule has 1 saturated carbocycles. The third-order valence-corrected chi connectivity index (χ3v) is 8.03. The molecule has 0 saturated heterocycles. The van der Waals surface area contributed by atoms with E-state index in [0.29, 0.717) is 40.4 Å². The van der Waals surface area contributed by atoms with E-state index in [1.807, 2.05) is 33.8 Å². The highest BCUT2D eigenvalue weighted by atomic mass is 35.5. The minimum absolute atomic E-state index is 0.0618. The Bertz CT molecular complexity index is 1020. The third-order valence-electron chi connectivity index (χ3n) is 7.81. The fourth-order valence-corrected chi connectivity index (χ4v) is 5.87. The number of carbonyl (C=O) groups excluding carboxylic acids is 2. The standard InChI is InChI=1S/C28H41ClN4O2/c1-8-23-18(4)31-19(5)25(27(23)34)16-30-28(35)24-14-20(29)15-26(17(24)3)33(9-2)22-12-10-21(11-13-22)32(6)7/h14-15,21-23H,8-13,16H2,1-7H3,(H,30,35). The van der Waals surface area contributed by atoms with Crippen molar-refractivity contribution in [2.75, 3.05) is 32.1 Å². The van der Waals surface area contributed by atoms with Crippen LogP contribution in [-0.4, -0.2) is 61.6 Å². The zero-order valence-electron chi connectivity index (χ0n) is 22.4. The van der Waals surface area contributed by atoms with Gasteiger partial charge in [-0.15, -0.1) is 0 Å². The summed E-state index contributed by atoms with van der Waals surface area (Å²) >= 11 is 6.53. The van der Waals surface area contributed by atoms with Crippen molar-refractivity contribution in [1.29, 1.82) is 0 Å². The van der Waals surface area contributed by atoms with Crippen LogP contribution in [0, 0.1) is 12.8 Å². The minimum Gasteiger partial charge on any atom is -0.369 e. The van der Waals surface area contributed by atoms with E-state index in [1.54, 1.807) is 6.07 Å². The molecule has 6 nitrogen and oxygen atoms in total. The van der Waals surface area contributed by atoms with Crippen molar-refractivity contribution in [2.24, 2.45) is 10.9 Å². The van der Waals surface area contributed by atoms with E-state index >= 15 is 0 Å². The summed E-state index contributed by atoms with van der Waals surface area (Å²) < 4.78 is 0. The molecule has 1 unspecified atom stereocenters. The Morgan fingerprint density at radius 2 is 1.71 bits per heavy atom. The van der Waals surface area contributed by atoms with Crippen LogP contribution in [0.4, 0.5) is 5.69 Å². The maximum absolute atomic E-state index is 13.3. The maximum atomic E-state index is 13.3. The molecule has 1 aliphatic heterocycles. The molecule has 1 atom stereocenters. The SMILES string of the molecule is CCC1C(=O)C(CNC(=O)c2cc(Cl)cc(N(CC)C3CCC(N(C)C)CC3)c2C)=C(C)N=C1C. The number of hydrogen-bond donors (Lipinski definition) is 1. The van der Waals surface area contributed by atoms with E-state index in [-0.39, 0.29) is 24.2 Å². The first kappa shape index (κ1) is 27.4. The second kappa shape index (κ2) is 11.7. The number of carbonyl (C=O) groups is 2.